The topological polar surface area (TPSA) is 53.9 Å². The van der Waals surface area contributed by atoms with Crippen LogP contribution in [0.1, 0.15) is 45.4 Å². The highest BCUT2D eigenvalue weighted by atomic mass is 16.5. The van der Waals surface area contributed by atoms with E-state index >= 15 is 0 Å². The van der Waals surface area contributed by atoms with Crippen LogP contribution in [0.4, 0.5) is 0 Å². The Hall–Kier alpha value is -1.75. The average Bonchev–Trinajstić information content (AvgIpc) is 2.77. The van der Waals surface area contributed by atoms with Gasteiger partial charge in [-0.15, -0.1) is 0 Å². The molecule has 0 spiro atoms. The average molecular weight is 407 g/mol. The molecule has 0 aromatic carbocycles. The number of rotatable bonds is 4. The Morgan fingerprint density at radius 2 is 2.10 bits per heavy atom. The van der Waals surface area contributed by atoms with E-state index in [0.717, 1.165) is 25.2 Å². The van der Waals surface area contributed by atoms with Gasteiger partial charge in [-0.2, -0.15) is 0 Å². The second-order valence-electron chi connectivity index (χ2n) is 9.32. The summed E-state index contributed by atoms with van der Waals surface area (Å²) in [6, 6.07) is 0. The predicted octanol–water partition coefficient (Wildman–Crippen LogP) is 4.46. The Labute approximate surface area is 180 Å². The summed E-state index contributed by atoms with van der Waals surface area (Å²) in [7, 11) is 0. The fourth-order valence-electron chi connectivity index (χ4n) is 5.84. The number of ether oxygens (including phenoxy) is 1. The minimum Gasteiger partial charge on any atom is -0.388 e. The number of allylic oxidation sites excluding steroid dienone is 8. The molecule has 4 heteroatoms. The molecule has 2 N–H and O–H groups in total. The first kappa shape index (κ1) is 20.2. The highest BCUT2D eigenvalue weighted by Crippen LogP contribution is 2.45. The fourth-order valence-corrected chi connectivity index (χ4v) is 5.84. The Balaban J connectivity index is 1.37. The summed E-state index contributed by atoms with van der Waals surface area (Å²) in [5.41, 5.74) is 4.24. The van der Waals surface area contributed by atoms with Gasteiger partial charge in [0.1, 0.15) is 12.4 Å². The molecule has 0 fully saturated rings. The quantitative estimate of drug-likeness (QED) is 0.678. The molecule has 0 aromatic heterocycles. The normalized spacial score (nSPS) is 40.2. The number of fused-ring (bicyclic) bond motifs is 2. The fraction of sp³-hybridized carbons (Fsp3) is 0.577. The number of nitrogens with zero attached hydrogens (tertiary/aromatic N) is 1. The molecule has 0 amide bonds. The molecule has 1 aliphatic heterocycles. The summed E-state index contributed by atoms with van der Waals surface area (Å²) < 4.78 is 5.98. The molecule has 7 unspecified atom stereocenters. The van der Waals surface area contributed by atoms with Gasteiger partial charge in [0.15, 0.2) is 0 Å². The molecule has 0 saturated carbocycles. The maximum absolute atomic E-state index is 10.5. The third kappa shape index (κ3) is 4.05. The summed E-state index contributed by atoms with van der Waals surface area (Å²) >= 11 is 0. The molecule has 4 nitrogen and oxygen atoms in total. The van der Waals surface area contributed by atoms with Crippen LogP contribution in [0.2, 0.25) is 0 Å². The van der Waals surface area contributed by atoms with Gasteiger partial charge in [-0.05, 0) is 62.4 Å². The second kappa shape index (κ2) is 8.78. The van der Waals surface area contributed by atoms with Crippen LogP contribution in [-0.4, -0.2) is 35.9 Å². The number of hydrogen-bond donors (Lipinski definition) is 2. The van der Waals surface area contributed by atoms with Crippen molar-refractivity contribution in [3.63, 3.8) is 0 Å². The molecule has 0 saturated heterocycles. The summed E-state index contributed by atoms with van der Waals surface area (Å²) in [5, 5.41) is 14.0. The van der Waals surface area contributed by atoms with Crippen molar-refractivity contribution in [3.05, 3.63) is 59.8 Å². The monoisotopic (exact) mass is 406 g/mol. The van der Waals surface area contributed by atoms with Crippen LogP contribution in [0.3, 0.4) is 0 Å². The van der Waals surface area contributed by atoms with Crippen LogP contribution in [-0.2, 0) is 4.74 Å². The van der Waals surface area contributed by atoms with Gasteiger partial charge in [0.05, 0.1) is 6.10 Å². The Morgan fingerprint density at radius 1 is 1.20 bits per heavy atom. The molecule has 0 bridgehead atoms. The molecule has 5 rings (SSSR count). The van der Waals surface area contributed by atoms with Crippen molar-refractivity contribution in [2.75, 3.05) is 6.61 Å². The van der Waals surface area contributed by atoms with Gasteiger partial charge >= 0.3 is 0 Å². The van der Waals surface area contributed by atoms with E-state index in [1.807, 2.05) is 25.2 Å². The van der Waals surface area contributed by atoms with Crippen molar-refractivity contribution in [1.82, 2.24) is 5.32 Å². The zero-order valence-corrected chi connectivity index (χ0v) is 17.9. The molecule has 0 aromatic rings. The molecule has 5 aliphatic rings. The van der Waals surface area contributed by atoms with Gasteiger partial charge in [-0.3, -0.25) is 10.3 Å². The summed E-state index contributed by atoms with van der Waals surface area (Å²) in [6.45, 7) is 2.71. The lowest BCUT2D eigenvalue weighted by atomic mass is 9.66. The van der Waals surface area contributed by atoms with Crippen LogP contribution < -0.4 is 5.32 Å². The third-order valence-corrected chi connectivity index (χ3v) is 7.44. The Morgan fingerprint density at radius 3 is 2.97 bits per heavy atom. The Bertz CT molecular complexity index is 834. The zero-order valence-electron chi connectivity index (χ0n) is 17.9. The van der Waals surface area contributed by atoms with Gasteiger partial charge < -0.3 is 9.84 Å². The molecule has 1 heterocycles. The van der Waals surface area contributed by atoms with E-state index in [4.69, 9.17) is 9.73 Å². The maximum atomic E-state index is 10.5. The number of nitrogens with one attached hydrogen (secondary N) is 1. The molecule has 4 aliphatic carbocycles. The lowest BCUT2D eigenvalue weighted by Gasteiger charge is -2.40. The van der Waals surface area contributed by atoms with Crippen molar-refractivity contribution < 1.29 is 9.84 Å². The molecule has 0 radical (unpaired) electrons. The van der Waals surface area contributed by atoms with Gasteiger partial charge in [0.2, 0.25) is 0 Å². The van der Waals surface area contributed by atoms with E-state index in [1.165, 1.54) is 30.5 Å². The van der Waals surface area contributed by atoms with Crippen molar-refractivity contribution in [2.45, 2.75) is 63.9 Å². The van der Waals surface area contributed by atoms with Crippen LogP contribution >= 0.6 is 0 Å². The van der Waals surface area contributed by atoms with E-state index in [-0.39, 0.29) is 18.3 Å². The van der Waals surface area contributed by atoms with Gasteiger partial charge in [-0.25, -0.2) is 0 Å². The van der Waals surface area contributed by atoms with E-state index in [0.29, 0.717) is 18.4 Å². The molecular weight excluding hydrogens is 372 g/mol. The van der Waals surface area contributed by atoms with Crippen molar-refractivity contribution in [3.8, 4) is 0 Å². The van der Waals surface area contributed by atoms with Crippen LogP contribution in [0.15, 0.2) is 64.7 Å². The minimum atomic E-state index is -0.512. The highest BCUT2D eigenvalue weighted by Gasteiger charge is 2.36. The first-order valence-electron chi connectivity index (χ1n) is 11.7. The summed E-state index contributed by atoms with van der Waals surface area (Å²) in [6.07, 6.45) is 23.8. The molecular formula is C26H34N2O2. The van der Waals surface area contributed by atoms with Crippen LogP contribution in [0.5, 0.6) is 0 Å². The summed E-state index contributed by atoms with van der Waals surface area (Å²) in [4.78, 5) is 5.11. The zero-order chi connectivity index (χ0) is 20.5. The van der Waals surface area contributed by atoms with Gasteiger partial charge in [0.25, 0.3) is 0 Å². The SMILES string of the molecule is CCOC1CC(C2=CCC3CC4C=CCCC4=CC3C2)=NC(C2C=CC=CC2O)N1. The number of aliphatic hydroxyl groups is 1. The highest BCUT2D eigenvalue weighted by molar-refractivity contribution is 6.01. The van der Waals surface area contributed by atoms with Crippen molar-refractivity contribution in [2.24, 2.45) is 28.7 Å². The number of aliphatic imine (C=N–C) groups is 1. The summed E-state index contributed by atoms with van der Waals surface area (Å²) in [5.74, 6) is 2.04. The van der Waals surface area contributed by atoms with E-state index in [9.17, 15) is 5.11 Å². The largest absolute Gasteiger partial charge is 0.388 e. The molecule has 30 heavy (non-hydrogen) atoms. The van der Waals surface area contributed by atoms with Crippen LogP contribution in [0.25, 0.3) is 0 Å². The number of aliphatic hydroxyl groups excluding tert-OH is 1. The predicted molar refractivity (Wildman–Crippen MR) is 121 cm³/mol. The van der Waals surface area contributed by atoms with Crippen molar-refractivity contribution in [1.29, 1.82) is 0 Å². The lowest BCUT2D eigenvalue weighted by Crippen LogP contribution is -2.50. The standard InChI is InChI=1S/C26H34N2O2/c1-2-30-25-16-23(27-26(28-25)22-9-5-6-10-24(22)29)20-12-11-19-13-17-7-3-4-8-18(17)14-21(19)15-20/h3,5-7,9-10,12,14,17,19,21-22,24-26,28-29H,2,4,8,11,13,15-16H2,1H3. The maximum Gasteiger partial charge on any atom is 0.115 e. The molecule has 160 valence electrons. The van der Waals surface area contributed by atoms with Crippen molar-refractivity contribution >= 4 is 5.71 Å². The number of hydrogen-bond acceptors (Lipinski definition) is 4. The molecule has 7 atom stereocenters. The Kier molecular flexibility index (Phi) is 5.90. The minimum absolute atomic E-state index is 0.0461. The smallest absolute Gasteiger partial charge is 0.115 e. The van der Waals surface area contributed by atoms with Gasteiger partial charge in [0, 0.05) is 24.7 Å². The first-order chi connectivity index (χ1) is 14.7. The van der Waals surface area contributed by atoms with E-state index in [1.54, 1.807) is 5.57 Å². The van der Waals surface area contributed by atoms with E-state index < -0.39 is 6.10 Å². The van der Waals surface area contributed by atoms with Crippen LogP contribution in [0, 0.1) is 23.7 Å². The second-order valence-corrected chi connectivity index (χ2v) is 9.32. The van der Waals surface area contributed by atoms with E-state index in [2.05, 4.69) is 35.7 Å². The first-order valence-corrected chi connectivity index (χ1v) is 11.7. The van der Waals surface area contributed by atoms with Gasteiger partial charge in [-0.1, -0.05) is 54.2 Å². The third-order valence-electron chi connectivity index (χ3n) is 7.44. The lowest BCUT2D eigenvalue weighted by molar-refractivity contribution is 0.0192.